The highest BCUT2D eigenvalue weighted by Crippen LogP contribution is 2.40. The van der Waals surface area contributed by atoms with Crippen molar-refractivity contribution >= 4 is 5.91 Å². The highest BCUT2D eigenvalue weighted by Gasteiger charge is 2.40. The summed E-state index contributed by atoms with van der Waals surface area (Å²) in [5.41, 5.74) is 2.81. The Morgan fingerprint density at radius 1 is 1.09 bits per heavy atom. The monoisotopic (exact) mass is 447 g/mol. The van der Waals surface area contributed by atoms with Crippen molar-refractivity contribution in [3.63, 3.8) is 0 Å². The van der Waals surface area contributed by atoms with Crippen LogP contribution in [0.2, 0.25) is 0 Å². The average Bonchev–Trinajstić information content (AvgIpc) is 3.11. The Balaban J connectivity index is 1.83. The van der Waals surface area contributed by atoms with E-state index in [9.17, 15) is 9.90 Å². The van der Waals surface area contributed by atoms with E-state index in [2.05, 4.69) is 55.8 Å². The van der Waals surface area contributed by atoms with Gasteiger partial charge in [-0.3, -0.25) is 4.79 Å². The number of imidazole rings is 1. The summed E-state index contributed by atoms with van der Waals surface area (Å²) in [6, 6.07) is 20.1. The lowest BCUT2D eigenvalue weighted by molar-refractivity contribution is -0.139. The largest absolute Gasteiger partial charge is 0.396 e. The van der Waals surface area contributed by atoms with Gasteiger partial charge in [-0.25, -0.2) is 4.98 Å². The average molecular weight is 448 g/mol. The van der Waals surface area contributed by atoms with Crippen molar-refractivity contribution in [1.29, 1.82) is 0 Å². The van der Waals surface area contributed by atoms with Crippen molar-refractivity contribution in [3.05, 3.63) is 78.2 Å². The maximum atomic E-state index is 13.2. The number of hydrogen-bond donors (Lipinski definition) is 1. The summed E-state index contributed by atoms with van der Waals surface area (Å²) in [5, 5.41) is 9.84. The molecule has 6 heteroatoms. The van der Waals surface area contributed by atoms with E-state index in [4.69, 9.17) is 9.72 Å². The number of benzene rings is 2. The first kappa shape index (κ1) is 23.2. The van der Waals surface area contributed by atoms with Gasteiger partial charge in [0.15, 0.2) is 0 Å². The molecule has 6 nitrogen and oxygen atoms in total. The molecule has 1 aliphatic heterocycles. The molecule has 1 amide bonds. The number of amides is 1. The minimum absolute atomic E-state index is 0.0195. The number of rotatable bonds is 6. The first-order valence-corrected chi connectivity index (χ1v) is 11.5. The van der Waals surface area contributed by atoms with Crippen LogP contribution in [-0.2, 0) is 16.1 Å². The Labute approximate surface area is 195 Å². The summed E-state index contributed by atoms with van der Waals surface area (Å²) in [5.74, 6) is 0.658. The fraction of sp³-hybridized carbons (Fsp3) is 0.407. The molecule has 0 bridgehead atoms. The van der Waals surface area contributed by atoms with Crippen molar-refractivity contribution < 1.29 is 14.6 Å². The molecule has 3 aromatic rings. The van der Waals surface area contributed by atoms with E-state index in [1.54, 1.807) is 0 Å². The molecule has 0 aliphatic carbocycles. The third-order valence-corrected chi connectivity index (χ3v) is 6.06. The van der Waals surface area contributed by atoms with E-state index in [0.717, 1.165) is 17.1 Å². The van der Waals surface area contributed by atoms with Gasteiger partial charge in [-0.05, 0) is 11.0 Å². The molecule has 0 radical (unpaired) electrons. The van der Waals surface area contributed by atoms with Crippen LogP contribution in [0.15, 0.2) is 66.9 Å². The van der Waals surface area contributed by atoms with Gasteiger partial charge >= 0.3 is 0 Å². The molecule has 2 heterocycles. The molecular formula is C27H33N3O3. The quantitative estimate of drug-likeness (QED) is 0.616. The third kappa shape index (κ3) is 5.34. The second kappa shape index (κ2) is 9.89. The van der Waals surface area contributed by atoms with Crippen LogP contribution in [0.25, 0.3) is 11.3 Å². The molecule has 1 aliphatic rings. The molecule has 174 valence electrons. The second-order valence-electron chi connectivity index (χ2n) is 9.84. The predicted molar refractivity (Wildman–Crippen MR) is 129 cm³/mol. The molecule has 4 rings (SSSR count). The van der Waals surface area contributed by atoms with Crippen LogP contribution < -0.4 is 0 Å². The number of carbonyl (C=O) groups excluding carboxylic acids is 1. The zero-order valence-corrected chi connectivity index (χ0v) is 19.6. The maximum absolute atomic E-state index is 13.2. The highest BCUT2D eigenvalue weighted by atomic mass is 16.5. The van der Waals surface area contributed by atoms with Gasteiger partial charge in [0.1, 0.15) is 12.4 Å². The summed E-state index contributed by atoms with van der Waals surface area (Å²) in [6.07, 6.45) is 2.08. The van der Waals surface area contributed by atoms with Gasteiger partial charge in [0.2, 0.25) is 5.91 Å². The van der Waals surface area contributed by atoms with Crippen LogP contribution >= 0.6 is 0 Å². The van der Waals surface area contributed by atoms with E-state index in [1.807, 2.05) is 41.3 Å². The van der Waals surface area contributed by atoms with Crippen LogP contribution in [0, 0.1) is 11.3 Å². The number of carbonyl (C=O) groups is 1. The van der Waals surface area contributed by atoms with Gasteiger partial charge in [-0.1, -0.05) is 81.4 Å². The van der Waals surface area contributed by atoms with Gasteiger partial charge in [0, 0.05) is 37.4 Å². The molecule has 1 N–H and O–H groups in total. The smallest absolute Gasteiger partial charge is 0.249 e. The first-order valence-electron chi connectivity index (χ1n) is 11.5. The molecule has 1 fully saturated rings. The van der Waals surface area contributed by atoms with Gasteiger partial charge in [-0.15, -0.1) is 0 Å². The van der Waals surface area contributed by atoms with Crippen LogP contribution in [-0.4, -0.2) is 51.8 Å². The second-order valence-corrected chi connectivity index (χ2v) is 9.84. The Kier molecular flexibility index (Phi) is 6.96. The Morgan fingerprint density at radius 2 is 1.76 bits per heavy atom. The highest BCUT2D eigenvalue weighted by molar-refractivity contribution is 5.78. The third-order valence-electron chi connectivity index (χ3n) is 6.06. The molecule has 0 spiro atoms. The number of ether oxygens (including phenoxy) is 1. The van der Waals surface area contributed by atoms with E-state index in [0.29, 0.717) is 19.7 Å². The molecule has 1 saturated heterocycles. The van der Waals surface area contributed by atoms with E-state index >= 15 is 0 Å². The molecule has 2 unspecified atom stereocenters. The Hall–Kier alpha value is -2.96. The van der Waals surface area contributed by atoms with Gasteiger partial charge < -0.3 is 19.3 Å². The minimum atomic E-state index is -0.284. The van der Waals surface area contributed by atoms with Crippen molar-refractivity contribution in [2.45, 2.75) is 33.4 Å². The van der Waals surface area contributed by atoms with Crippen molar-refractivity contribution in [2.24, 2.45) is 11.3 Å². The summed E-state index contributed by atoms with van der Waals surface area (Å²) < 4.78 is 7.73. The number of nitrogens with zero attached hydrogens (tertiary/aromatic N) is 3. The molecule has 33 heavy (non-hydrogen) atoms. The predicted octanol–water partition coefficient (Wildman–Crippen LogP) is 4.15. The summed E-state index contributed by atoms with van der Waals surface area (Å²) in [7, 11) is 0. The lowest BCUT2D eigenvalue weighted by Gasteiger charge is -2.40. The summed E-state index contributed by atoms with van der Waals surface area (Å²) in [6.45, 7) is 7.88. The number of aromatic nitrogens is 2. The molecule has 0 saturated carbocycles. The maximum Gasteiger partial charge on any atom is 0.249 e. The molecule has 2 aromatic carbocycles. The van der Waals surface area contributed by atoms with Crippen molar-refractivity contribution in [1.82, 2.24) is 14.5 Å². The first-order chi connectivity index (χ1) is 15.9. The lowest BCUT2D eigenvalue weighted by Crippen LogP contribution is -2.45. The summed E-state index contributed by atoms with van der Waals surface area (Å²) >= 11 is 0. The van der Waals surface area contributed by atoms with Gasteiger partial charge in [0.05, 0.1) is 18.3 Å². The van der Waals surface area contributed by atoms with Crippen LogP contribution in [0.1, 0.15) is 38.2 Å². The number of aliphatic hydroxyl groups is 1. The summed E-state index contributed by atoms with van der Waals surface area (Å²) in [4.78, 5) is 20.1. The molecule has 1 aromatic heterocycles. The normalized spacial score (nSPS) is 18.2. The van der Waals surface area contributed by atoms with Crippen molar-refractivity contribution in [2.75, 3.05) is 26.4 Å². The number of aliphatic hydroxyl groups excluding tert-OH is 1. The zero-order valence-electron chi connectivity index (χ0n) is 19.6. The molecular weight excluding hydrogens is 414 g/mol. The van der Waals surface area contributed by atoms with Gasteiger partial charge in [-0.2, -0.15) is 0 Å². The van der Waals surface area contributed by atoms with E-state index in [1.165, 1.54) is 5.56 Å². The van der Waals surface area contributed by atoms with Gasteiger partial charge in [0.25, 0.3) is 0 Å². The number of hydrogen-bond acceptors (Lipinski definition) is 4. The SMILES string of the molecule is CC(C)(C)C(c1nc(-c2ccccc2)cn1Cc1ccccc1)N1CC(CO)COCC1=O. The Morgan fingerprint density at radius 3 is 2.39 bits per heavy atom. The lowest BCUT2D eigenvalue weighted by atomic mass is 9.84. The molecule has 2 atom stereocenters. The van der Waals surface area contributed by atoms with Crippen LogP contribution in [0.4, 0.5) is 0 Å². The topological polar surface area (TPSA) is 67.6 Å². The van der Waals surface area contributed by atoms with Crippen LogP contribution in [0.3, 0.4) is 0 Å². The van der Waals surface area contributed by atoms with E-state index < -0.39 is 0 Å². The fourth-order valence-corrected chi connectivity index (χ4v) is 4.49. The van der Waals surface area contributed by atoms with E-state index in [-0.39, 0.29) is 36.5 Å². The van der Waals surface area contributed by atoms with Crippen LogP contribution in [0.5, 0.6) is 0 Å². The van der Waals surface area contributed by atoms with Crippen molar-refractivity contribution in [3.8, 4) is 11.3 Å². The minimum Gasteiger partial charge on any atom is -0.396 e. The fourth-order valence-electron chi connectivity index (χ4n) is 4.49. The zero-order chi connectivity index (χ0) is 23.4. The standard InChI is InChI=1S/C27H33N3O3/c1-27(2,3)25(30-15-21(17-31)18-33-19-24(30)32)26-28-23(22-12-8-5-9-13-22)16-29(26)14-20-10-6-4-7-11-20/h4-13,16,21,25,31H,14-15,17-19H2,1-3H3. The Bertz CT molecular complexity index is 1060.